The summed E-state index contributed by atoms with van der Waals surface area (Å²) in [5.74, 6) is 0.620. The van der Waals surface area contributed by atoms with Crippen molar-refractivity contribution in [3.05, 3.63) is 59.7 Å². The molecule has 3 aromatic rings. The van der Waals surface area contributed by atoms with Crippen LogP contribution in [0.25, 0.3) is 17.1 Å². The number of hydrogen-bond donors (Lipinski definition) is 0. The molecule has 2 aromatic carbocycles. The monoisotopic (exact) mass is 448 g/mol. The van der Waals surface area contributed by atoms with E-state index in [0.717, 1.165) is 29.1 Å². The molecule has 1 fully saturated rings. The molecule has 0 aliphatic carbocycles. The van der Waals surface area contributed by atoms with Crippen LogP contribution in [0, 0.1) is 6.92 Å². The number of benzene rings is 2. The van der Waals surface area contributed by atoms with Crippen molar-refractivity contribution in [2.75, 3.05) is 12.3 Å². The standard InChI is InChI=1S/C25H28N4O2S/c1-17-8-5-6-9-20(17)29-23(18-11-13-19(14-12-18)25(2,3)4)26-27-24(29)32-16-22(31)28-15-7-10-21(28)30/h5-6,8-9,11-14H,7,10,15-16H2,1-4H3. The number of aryl methyl sites for hydroxylation is 1. The zero-order valence-electron chi connectivity index (χ0n) is 19.0. The highest BCUT2D eigenvalue weighted by Crippen LogP contribution is 2.31. The lowest BCUT2D eigenvalue weighted by molar-refractivity contribution is -0.140. The molecule has 2 amide bonds. The Balaban J connectivity index is 1.69. The molecule has 166 valence electrons. The number of carbonyl (C=O) groups is 2. The molecule has 0 unspecified atom stereocenters. The molecule has 0 radical (unpaired) electrons. The molecule has 1 aliphatic heterocycles. The summed E-state index contributed by atoms with van der Waals surface area (Å²) in [5, 5.41) is 9.54. The van der Waals surface area contributed by atoms with E-state index in [1.165, 1.54) is 22.2 Å². The van der Waals surface area contributed by atoms with E-state index in [2.05, 4.69) is 55.2 Å². The number of nitrogens with zero attached hydrogens (tertiary/aromatic N) is 4. The first-order chi connectivity index (χ1) is 15.3. The SMILES string of the molecule is Cc1ccccc1-n1c(SCC(=O)N2CCCC2=O)nnc1-c1ccc(C(C)(C)C)cc1. The van der Waals surface area contributed by atoms with Crippen molar-refractivity contribution in [1.82, 2.24) is 19.7 Å². The van der Waals surface area contributed by atoms with Gasteiger partial charge in [0.2, 0.25) is 11.8 Å². The quantitative estimate of drug-likeness (QED) is 0.526. The molecule has 6 nitrogen and oxygen atoms in total. The zero-order chi connectivity index (χ0) is 22.9. The van der Waals surface area contributed by atoms with Crippen molar-refractivity contribution >= 4 is 23.6 Å². The molecular weight excluding hydrogens is 420 g/mol. The number of amides is 2. The van der Waals surface area contributed by atoms with Gasteiger partial charge in [-0.2, -0.15) is 0 Å². The Morgan fingerprint density at radius 2 is 1.78 bits per heavy atom. The van der Waals surface area contributed by atoms with Crippen LogP contribution in [0.3, 0.4) is 0 Å². The highest BCUT2D eigenvalue weighted by molar-refractivity contribution is 7.99. The van der Waals surface area contributed by atoms with Gasteiger partial charge in [-0.1, -0.05) is 75.0 Å². The molecule has 1 aromatic heterocycles. The Bertz CT molecular complexity index is 1150. The van der Waals surface area contributed by atoms with E-state index in [4.69, 9.17) is 0 Å². The van der Waals surface area contributed by atoms with Crippen LogP contribution in [-0.2, 0) is 15.0 Å². The lowest BCUT2D eigenvalue weighted by atomic mass is 9.87. The topological polar surface area (TPSA) is 68.1 Å². The van der Waals surface area contributed by atoms with Crippen LogP contribution in [0.4, 0.5) is 0 Å². The highest BCUT2D eigenvalue weighted by Gasteiger charge is 2.27. The maximum atomic E-state index is 12.6. The first-order valence-electron chi connectivity index (χ1n) is 10.8. The maximum Gasteiger partial charge on any atom is 0.239 e. The van der Waals surface area contributed by atoms with Gasteiger partial charge in [0.05, 0.1) is 11.4 Å². The molecule has 0 saturated carbocycles. The average Bonchev–Trinajstić information content (AvgIpc) is 3.38. The number of carbonyl (C=O) groups excluding carboxylic acids is 2. The normalized spacial score (nSPS) is 14.2. The third-order valence-electron chi connectivity index (χ3n) is 5.70. The molecule has 32 heavy (non-hydrogen) atoms. The van der Waals surface area contributed by atoms with Crippen LogP contribution in [0.1, 0.15) is 44.7 Å². The van der Waals surface area contributed by atoms with Gasteiger partial charge in [0.15, 0.2) is 11.0 Å². The average molecular weight is 449 g/mol. The molecule has 0 N–H and O–H groups in total. The second kappa shape index (κ2) is 8.90. The summed E-state index contributed by atoms with van der Waals surface area (Å²) in [5.41, 5.74) is 4.33. The summed E-state index contributed by atoms with van der Waals surface area (Å²) < 4.78 is 2.01. The summed E-state index contributed by atoms with van der Waals surface area (Å²) in [6.07, 6.45) is 1.19. The molecule has 1 aliphatic rings. The van der Waals surface area contributed by atoms with Crippen LogP contribution in [0.2, 0.25) is 0 Å². The highest BCUT2D eigenvalue weighted by atomic mass is 32.2. The van der Waals surface area contributed by atoms with Gasteiger partial charge in [0.25, 0.3) is 0 Å². The lowest BCUT2D eigenvalue weighted by Crippen LogP contribution is -2.33. The number of imide groups is 1. The van der Waals surface area contributed by atoms with Gasteiger partial charge in [-0.25, -0.2) is 0 Å². The fraction of sp³-hybridized carbons (Fsp3) is 0.360. The summed E-state index contributed by atoms with van der Waals surface area (Å²) in [6, 6.07) is 16.5. The minimum atomic E-state index is -0.173. The minimum absolute atomic E-state index is 0.0661. The van der Waals surface area contributed by atoms with E-state index in [9.17, 15) is 9.59 Å². The van der Waals surface area contributed by atoms with E-state index in [1.54, 1.807) is 0 Å². The van der Waals surface area contributed by atoms with Crippen LogP contribution in [-0.4, -0.2) is 43.8 Å². The predicted molar refractivity (Wildman–Crippen MR) is 127 cm³/mol. The van der Waals surface area contributed by atoms with Crippen molar-refractivity contribution in [3.63, 3.8) is 0 Å². The molecule has 0 spiro atoms. The van der Waals surface area contributed by atoms with E-state index >= 15 is 0 Å². The van der Waals surface area contributed by atoms with E-state index in [-0.39, 0.29) is 23.0 Å². The summed E-state index contributed by atoms with van der Waals surface area (Å²) in [7, 11) is 0. The Morgan fingerprint density at radius 3 is 2.41 bits per heavy atom. The van der Waals surface area contributed by atoms with E-state index in [1.807, 2.05) is 35.8 Å². The van der Waals surface area contributed by atoms with Crippen molar-refractivity contribution in [2.45, 2.75) is 51.1 Å². The van der Waals surface area contributed by atoms with Gasteiger partial charge >= 0.3 is 0 Å². The van der Waals surface area contributed by atoms with Crippen LogP contribution >= 0.6 is 11.8 Å². The van der Waals surface area contributed by atoms with Crippen LogP contribution < -0.4 is 0 Å². The summed E-state index contributed by atoms with van der Waals surface area (Å²) in [4.78, 5) is 25.8. The summed E-state index contributed by atoms with van der Waals surface area (Å²) >= 11 is 1.32. The Labute approximate surface area is 193 Å². The second-order valence-electron chi connectivity index (χ2n) is 9.09. The zero-order valence-corrected chi connectivity index (χ0v) is 19.8. The number of thioether (sulfide) groups is 1. The first-order valence-corrected chi connectivity index (χ1v) is 11.8. The fourth-order valence-corrected chi connectivity index (χ4v) is 4.64. The molecule has 0 bridgehead atoms. The third kappa shape index (κ3) is 4.48. The number of para-hydroxylation sites is 1. The minimum Gasteiger partial charge on any atom is -0.282 e. The van der Waals surface area contributed by atoms with Crippen molar-refractivity contribution < 1.29 is 9.59 Å². The van der Waals surface area contributed by atoms with Gasteiger partial charge in [0, 0.05) is 18.5 Å². The van der Waals surface area contributed by atoms with Crippen LogP contribution in [0.15, 0.2) is 53.7 Å². The van der Waals surface area contributed by atoms with Gasteiger partial charge in [-0.3, -0.25) is 19.1 Å². The lowest BCUT2D eigenvalue weighted by Gasteiger charge is -2.19. The number of aromatic nitrogens is 3. The molecular formula is C25H28N4O2S. The Hall–Kier alpha value is -2.93. The van der Waals surface area contributed by atoms with Crippen molar-refractivity contribution in [1.29, 1.82) is 0 Å². The molecule has 1 saturated heterocycles. The van der Waals surface area contributed by atoms with E-state index in [0.29, 0.717) is 18.1 Å². The van der Waals surface area contributed by atoms with Crippen LogP contribution in [0.5, 0.6) is 0 Å². The van der Waals surface area contributed by atoms with Gasteiger partial charge in [-0.05, 0) is 36.0 Å². The number of hydrogen-bond acceptors (Lipinski definition) is 5. The van der Waals surface area contributed by atoms with Crippen molar-refractivity contribution in [2.24, 2.45) is 0 Å². The second-order valence-corrected chi connectivity index (χ2v) is 10.0. The molecule has 2 heterocycles. The molecule has 7 heteroatoms. The van der Waals surface area contributed by atoms with Gasteiger partial charge in [-0.15, -0.1) is 10.2 Å². The van der Waals surface area contributed by atoms with E-state index < -0.39 is 0 Å². The summed E-state index contributed by atoms with van der Waals surface area (Å²) in [6.45, 7) is 9.12. The number of likely N-dealkylation sites (tertiary alicyclic amines) is 1. The van der Waals surface area contributed by atoms with Gasteiger partial charge in [0.1, 0.15) is 0 Å². The molecule has 0 atom stereocenters. The third-order valence-corrected chi connectivity index (χ3v) is 6.61. The maximum absolute atomic E-state index is 12.6. The Morgan fingerprint density at radius 1 is 1.06 bits per heavy atom. The molecule has 4 rings (SSSR count). The smallest absolute Gasteiger partial charge is 0.239 e. The number of rotatable bonds is 5. The first kappa shape index (κ1) is 22.3. The Kier molecular flexibility index (Phi) is 6.20. The van der Waals surface area contributed by atoms with Gasteiger partial charge < -0.3 is 0 Å². The predicted octanol–water partition coefficient (Wildman–Crippen LogP) is 4.78. The largest absolute Gasteiger partial charge is 0.282 e. The van der Waals surface area contributed by atoms with Crippen molar-refractivity contribution in [3.8, 4) is 17.1 Å². The fourth-order valence-electron chi connectivity index (χ4n) is 3.82.